The Morgan fingerprint density at radius 3 is 2.60 bits per heavy atom. The van der Waals surface area contributed by atoms with Crippen LogP contribution in [0.1, 0.15) is 29.7 Å². The molecule has 1 aromatic rings. The molecule has 20 heavy (non-hydrogen) atoms. The van der Waals surface area contributed by atoms with Crippen LogP contribution in [-0.4, -0.2) is 56.1 Å². The first kappa shape index (κ1) is 15.5. The second-order valence-corrected chi connectivity index (χ2v) is 6.27. The first-order valence-corrected chi connectivity index (χ1v) is 7.68. The number of hydrogen-bond donors (Lipinski definition) is 1. The van der Waals surface area contributed by atoms with Gasteiger partial charge in [0.25, 0.3) is 0 Å². The standard InChI is InChI=1S/C17H29N3/c1-13-6-7-16(10-14(13)2)17(18-4)12-20-9-8-19(5)15(3)11-20/h6-7,10,15,17-18H,8-9,11-12H2,1-5H3. The first-order chi connectivity index (χ1) is 9.51. The van der Waals surface area contributed by atoms with Gasteiger partial charge in [-0.3, -0.25) is 4.90 Å². The summed E-state index contributed by atoms with van der Waals surface area (Å²) in [6.45, 7) is 11.3. The van der Waals surface area contributed by atoms with Crippen molar-refractivity contribution in [2.24, 2.45) is 0 Å². The third-order valence-electron chi connectivity index (χ3n) is 4.77. The summed E-state index contributed by atoms with van der Waals surface area (Å²) >= 11 is 0. The Balaban J connectivity index is 2.03. The Labute approximate surface area is 124 Å². The van der Waals surface area contributed by atoms with Gasteiger partial charge >= 0.3 is 0 Å². The first-order valence-electron chi connectivity index (χ1n) is 7.68. The quantitative estimate of drug-likeness (QED) is 0.909. The molecule has 1 saturated heterocycles. The minimum atomic E-state index is 0.421. The lowest BCUT2D eigenvalue weighted by atomic mass is 10.0. The van der Waals surface area contributed by atoms with Crippen molar-refractivity contribution < 1.29 is 0 Å². The molecule has 1 aromatic carbocycles. The Bertz CT molecular complexity index is 444. The lowest BCUT2D eigenvalue weighted by Gasteiger charge is -2.39. The van der Waals surface area contributed by atoms with Crippen molar-refractivity contribution in [3.05, 3.63) is 34.9 Å². The fourth-order valence-corrected chi connectivity index (χ4v) is 2.89. The molecule has 0 spiro atoms. The van der Waals surface area contributed by atoms with E-state index in [9.17, 15) is 0 Å². The highest BCUT2D eigenvalue weighted by atomic mass is 15.3. The van der Waals surface area contributed by atoms with Crippen LogP contribution in [-0.2, 0) is 0 Å². The molecule has 1 fully saturated rings. The Kier molecular flexibility index (Phi) is 5.19. The van der Waals surface area contributed by atoms with Gasteiger partial charge in [0.15, 0.2) is 0 Å². The number of hydrogen-bond acceptors (Lipinski definition) is 3. The number of rotatable bonds is 4. The Hall–Kier alpha value is -0.900. The van der Waals surface area contributed by atoms with Crippen LogP contribution in [0.3, 0.4) is 0 Å². The molecule has 3 heteroatoms. The van der Waals surface area contributed by atoms with E-state index < -0.39 is 0 Å². The van der Waals surface area contributed by atoms with Crippen molar-refractivity contribution in [1.82, 2.24) is 15.1 Å². The van der Waals surface area contributed by atoms with Crippen molar-refractivity contribution in [2.75, 3.05) is 40.3 Å². The highest BCUT2D eigenvalue weighted by Crippen LogP contribution is 2.19. The summed E-state index contributed by atoms with van der Waals surface area (Å²) in [7, 11) is 4.29. The summed E-state index contributed by atoms with van der Waals surface area (Å²) in [5.74, 6) is 0. The number of likely N-dealkylation sites (N-methyl/N-ethyl adjacent to an activating group) is 2. The van der Waals surface area contributed by atoms with Gasteiger partial charge in [0.1, 0.15) is 0 Å². The van der Waals surface area contributed by atoms with Crippen LogP contribution in [0.2, 0.25) is 0 Å². The summed E-state index contributed by atoms with van der Waals surface area (Å²) in [5.41, 5.74) is 4.16. The zero-order valence-electron chi connectivity index (χ0n) is 13.6. The highest BCUT2D eigenvalue weighted by molar-refractivity contribution is 5.31. The van der Waals surface area contributed by atoms with Gasteiger partial charge in [0, 0.05) is 38.3 Å². The normalized spacial score (nSPS) is 22.9. The van der Waals surface area contributed by atoms with Gasteiger partial charge < -0.3 is 10.2 Å². The van der Waals surface area contributed by atoms with Crippen LogP contribution in [0.5, 0.6) is 0 Å². The van der Waals surface area contributed by atoms with E-state index in [4.69, 9.17) is 0 Å². The lowest BCUT2D eigenvalue weighted by Crippen LogP contribution is -2.51. The van der Waals surface area contributed by atoms with Crippen LogP contribution in [0.15, 0.2) is 18.2 Å². The molecule has 0 saturated carbocycles. The minimum absolute atomic E-state index is 0.421. The van der Waals surface area contributed by atoms with Crippen molar-refractivity contribution in [2.45, 2.75) is 32.9 Å². The van der Waals surface area contributed by atoms with E-state index in [1.807, 2.05) is 0 Å². The molecule has 0 radical (unpaired) electrons. The predicted molar refractivity (Wildman–Crippen MR) is 86.2 cm³/mol. The molecule has 2 rings (SSSR count). The van der Waals surface area contributed by atoms with Crippen molar-refractivity contribution in [3.63, 3.8) is 0 Å². The molecule has 2 atom stereocenters. The number of piperazine rings is 1. The second-order valence-electron chi connectivity index (χ2n) is 6.27. The molecule has 0 bridgehead atoms. The highest BCUT2D eigenvalue weighted by Gasteiger charge is 2.23. The maximum absolute atomic E-state index is 3.48. The van der Waals surface area contributed by atoms with Crippen molar-refractivity contribution >= 4 is 0 Å². The molecule has 0 aliphatic carbocycles. The molecule has 112 valence electrons. The topological polar surface area (TPSA) is 18.5 Å². The summed E-state index contributed by atoms with van der Waals surface area (Å²) in [5, 5.41) is 3.48. The molecule has 1 aliphatic rings. The fourth-order valence-electron chi connectivity index (χ4n) is 2.89. The summed E-state index contributed by atoms with van der Waals surface area (Å²) in [6, 6.07) is 7.91. The largest absolute Gasteiger partial charge is 0.312 e. The van der Waals surface area contributed by atoms with Crippen LogP contribution in [0.25, 0.3) is 0 Å². The third-order valence-corrected chi connectivity index (χ3v) is 4.77. The average Bonchev–Trinajstić information content (AvgIpc) is 2.43. The van der Waals surface area contributed by atoms with Crippen LogP contribution >= 0.6 is 0 Å². The van der Waals surface area contributed by atoms with E-state index in [1.165, 1.54) is 36.3 Å². The number of benzene rings is 1. The number of nitrogens with one attached hydrogen (secondary N) is 1. The SMILES string of the molecule is CNC(CN1CCN(C)C(C)C1)c1ccc(C)c(C)c1. The molecule has 1 aliphatic heterocycles. The maximum Gasteiger partial charge on any atom is 0.0446 e. The molecule has 0 amide bonds. The van der Waals surface area contributed by atoms with E-state index in [2.05, 4.69) is 68.2 Å². The smallest absolute Gasteiger partial charge is 0.0446 e. The lowest BCUT2D eigenvalue weighted by molar-refractivity contribution is 0.0977. The van der Waals surface area contributed by atoms with Crippen LogP contribution < -0.4 is 5.32 Å². The molecular formula is C17H29N3. The van der Waals surface area contributed by atoms with Gasteiger partial charge in [-0.15, -0.1) is 0 Å². The fraction of sp³-hybridized carbons (Fsp3) is 0.647. The molecule has 1 heterocycles. The monoisotopic (exact) mass is 275 g/mol. The van der Waals surface area contributed by atoms with Crippen LogP contribution in [0.4, 0.5) is 0 Å². The molecular weight excluding hydrogens is 246 g/mol. The number of nitrogens with zero attached hydrogens (tertiary/aromatic N) is 2. The second kappa shape index (κ2) is 6.70. The zero-order chi connectivity index (χ0) is 14.7. The van der Waals surface area contributed by atoms with E-state index in [-0.39, 0.29) is 0 Å². The van der Waals surface area contributed by atoms with Gasteiger partial charge in [-0.25, -0.2) is 0 Å². The van der Waals surface area contributed by atoms with Crippen molar-refractivity contribution in [1.29, 1.82) is 0 Å². The van der Waals surface area contributed by atoms with E-state index >= 15 is 0 Å². The van der Waals surface area contributed by atoms with Gasteiger partial charge in [-0.05, 0) is 51.6 Å². The molecule has 1 N–H and O–H groups in total. The van der Waals surface area contributed by atoms with E-state index in [0.717, 1.165) is 6.54 Å². The summed E-state index contributed by atoms with van der Waals surface area (Å²) in [6.07, 6.45) is 0. The van der Waals surface area contributed by atoms with Gasteiger partial charge in [0.05, 0.1) is 0 Å². The molecule has 2 unspecified atom stereocenters. The molecule has 0 aromatic heterocycles. The van der Waals surface area contributed by atoms with Gasteiger partial charge in [0.2, 0.25) is 0 Å². The van der Waals surface area contributed by atoms with Gasteiger partial charge in [-0.1, -0.05) is 18.2 Å². The maximum atomic E-state index is 3.48. The zero-order valence-corrected chi connectivity index (χ0v) is 13.6. The predicted octanol–water partition coefficient (Wildman–Crippen LogP) is 2.20. The summed E-state index contributed by atoms with van der Waals surface area (Å²) in [4.78, 5) is 5.03. The van der Waals surface area contributed by atoms with Gasteiger partial charge in [-0.2, -0.15) is 0 Å². The Morgan fingerprint density at radius 2 is 2.00 bits per heavy atom. The number of aryl methyl sites for hydroxylation is 2. The average molecular weight is 275 g/mol. The summed E-state index contributed by atoms with van der Waals surface area (Å²) < 4.78 is 0. The minimum Gasteiger partial charge on any atom is -0.312 e. The Morgan fingerprint density at radius 1 is 1.25 bits per heavy atom. The van der Waals surface area contributed by atoms with E-state index in [1.54, 1.807) is 0 Å². The third kappa shape index (κ3) is 3.60. The van der Waals surface area contributed by atoms with Crippen molar-refractivity contribution in [3.8, 4) is 0 Å². The van der Waals surface area contributed by atoms with Crippen LogP contribution in [0, 0.1) is 13.8 Å². The van der Waals surface area contributed by atoms with E-state index in [0.29, 0.717) is 12.1 Å². The molecule has 3 nitrogen and oxygen atoms in total.